The van der Waals surface area contributed by atoms with Crippen LogP contribution in [-0.2, 0) is 6.18 Å². The van der Waals surface area contributed by atoms with Crippen molar-refractivity contribution in [3.8, 4) is 0 Å². The van der Waals surface area contributed by atoms with Crippen LogP contribution in [0.2, 0.25) is 0 Å². The summed E-state index contributed by atoms with van der Waals surface area (Å²) in [6, 6.07) is 3.87. The van der Waals surface area contributed by atoms with E-state index in [1.807, 2.05) is 0 Å². The first-order valence-electron chi connectivity index (χ1n) is 4.41. The summed E-state index contributed by atoms with van der Waals surface area (Å²) in [5, 5.41) is 10.1. The maximum atomic E-state index is 12.6. The molecule has 0 unspecified atom stereocenters. The van der Waals surface area contributed by atoms with Crippen molar-refractivity contribution in [3.63, 3.8) is 0 Å². The van der Waals surface area contributed by atoms with E-state index in [9.17, 15) is 13.2 Å². The average Bonchev–Trinajstić information content (AvgIpc) is 2.19. The molecule has 0 spiro atoms. The highest BCUT2D eigenvalue weighted by molar-refractivity contribution is 6.14. The summed E-state index contributed by atoms with van der Waals surface area (Å²) in [4.78, 5) is 0. The molecule has 0 saturated heterocycles. The Hall–Kier alpha value is -1.85. The number of hydrogen-bond acceptors (Lipinski definition) is 3. The van der Waals surface area contributed by atoms with Crippen LogP contribution in [0.4, 0.5) is 18.9 Å². The van der Waals surface area contributed by atoms with Gasteiger partial charge in [0.05, 0.1) is 17.5 Å². The van der Waals surface area contributed by atoms with Gasteiger partial charge in [0.2, 0.25) is 0 Å². The molecule has 6 heteroatoms. The van der Waals surface area contributed by atoms with Crippen LogP contribution in [0.25, 0.3) is 0 Å². The molecule has 1 rings (SSSR count). The van der Waals surface area contributed by atoms with Crippen molar-refractivity contribution in [3.05, 3.63) is 29.3 Å². The van der Waals surface area contributed by atoms with Crippen molar-refractivity contribution >= 4 is 18.1 Å². The van der Waals surface area contributed by atoms with Gasteiger partial charge in [-0.05, 0) is 18.6 Å². The van der Waals surface area contributed by atoms with Crippen LogP contribution in [0.5, 0.6) is 0 Å². The molecule has 0 fully saturated rings. The van der Waals surface area contributed by atoms with Gasteiger partial charge in [0.1, 0.15) is 0 Å². The quantitative estimate of drug-likeness (QED) is 0.607. The van der Waals surface area contributed by atoms with Crippen LogP contribution in [-0.4, -0.2) is 12.4 Å². The minimum Gasteiger partial charge on any atom is -0.307 e. The molecule has 0 atom stereocenters. The normalized spacial score (nSPS) is 11.8. The van der Waals surface area contributed by atoms with E-state index in [1.165, 1.54) is 6.07 Å². The maximum Gasteiger partial charge on any atom is 0.418 e. The van der Waals surface area contributed by atoms with E-state index in [0.29, 0.717) is 5.56 Å². The van der Waals surface area contributed by atoms with Gasteiger partial charge in [-0.15, -0.1) is 0 Å². The predicted molar refractivity (Wildman–Crippen MR) is 57.1 cm³/mol. The van der Waals surface area contributed by atoms with Crippen molar-refractivity contribution in [2.24, 2.45) is 5.10 Å². The van der Waals surface area contributed by atoms with Crippen LogP contribution in [0.3, 0.4) is 0 Å². The summed E-state index contributed by atoms with van der Waals surface area (Å²) in [5.74, 6) is 0. The molecular weight excluding hydrogens is 219 g/mol. The number of benzene rings is 1. The second kappa shape index (κ2) is 4.78. The van der Waals surface area contributed by atoms with Crippen LogP contribution < -0.4 is 5.43 Å². The summed E-state index contributed by atoms with van der Waals surface area (Å²) in [5.41, 5.74) is 1.87. The van der Waals surface area contributed by atoms with Crippen LogP contribution in [0.1, 0.15) is 11.1 Å². The second-order valence-corrected chi connectivity index (χ2v) is 3.05. The van der Waals surface area contributed by atoms with Crippen molar-refractivity contribution in [2.45, 2.75) is 13.1 Å². The van der Waals surface area contributed by atoms with Crippen LogP contribution in [0, 0.1) is 12.3 Å². The van der Waals surface area contributed by atoms with Gasteiger partial charge in [0.25, 0.3) is 0 Å². The fraction of sp³-hybridized carbons (Fsp3) is 0.200. The molecule has 0 heterocycles. The zero-order chi connectivity index (χ0) is 12.2. The van der Waals surface area contributed by atoms with E-state index >= 15 is 0 Å². The van der Waals surface area contributed by atoms with E-state index in [0.717, 1.165) is 18.5 Å². The molecule has 86 valence electrons. The van der Waals surface area contributed by atoms with Gasteiger partial charge in [0, 0.05) is 6.21 Å². The number of rotatable bonds is 3. The lowest BCUT2D eigenvalue weighted by atomic mass is 10.1. The van der Waals surface area contributed by atoms with Crippen LogP contribution >= 0.6 is 0 Å². The minimum atomic E-state index is -4.42. The van der Waals surface area contributed by atoms with Gasteiger partial charge >= 0.3 is 6.18 Å². The van der Waals surface area contributed by atoms with Crippen LogP contribution in [0.15, 0.2) is 23.3 Å². The molecule has 0 aliphatic rings. The lowest BCUT2D eigenvalue weighted by Gasteiger charge is -2.13. The highest BCUT2D eigenvalue weighted by Crippen LogP contribution is 2.36. The van der Waals surface area contributed by atoms with Gasteiger partial charge in [0.15, 0.2) is 0 Å². The summed E-state index contributed by atoms with van der Waals surface area (Å²) in [6.07, 6.45) is -2.49. The molecule has 1 aromatic rings. The summed E-state index contributed by atoms with van der Waals surface area (Å²) in [6.45, 7) is 1.55. The zero-order valence-corrected chi connectivity index (χ0v) is 8.47. The Morgan fingerprint density at radius 2 is 2.06 bits per heavy atom. The van der Waals surface area contributed by atoms with E-state index < -0.39 is 11.7 Å². The predicted octanol–water partition coefficient (Wildman–Crippen LogP) is 3.06. The van der Waals surface area contributed by atoms with Gasteiger partial charge in [-0.25, -0.2) is 0 Å². The Kier molecular flexibility index (Phi) is 3.65. The number of anilines is 1. The Morgan fingerprint density at radius 1 is 1.38 bits per heavy atom. The number of nitrogens with one attached hydrogen (secondary N) is 2. The summed E-state index contributed by atoms with van der Waals surface area (Å²) >= 11 is 0. The van der Waals surface area contributed by atoms with E-state index in [1.54, 1.807) is 13.0 Å². The third kappa shape index (κ3) is 2.82. The molecular formula is C10H10F3N3. The Balaban J connectivity index is 3.13. The first-order chi connectivity index (χ1) is 7.46. The number of hydrogen-bond donors (Lipinski definition) is 2. The fourth-order valence-corrected chi connectivity index (χ4v) is 1.19. The maximum absolute atomic E-state index is 12.6. The molecule has 0 saturated carbocycles. The topological polar surface area (TPSA) is 48.2 Å². The van der Waals surface area contributed by atoms with Crippen molar-refractivity contribution in [1.82, 2.24) is 0 Å². The number of para-hydroxylation sites is 1. The lowest BCUT2D eigenvalue weighted by Crippen LogP contribution is -2.09. The molecule has 16 heavy (non-hydrogen) atoms. The number of aryl methyl sites for hydroxylation is 1. The number of alkyl halides is 3. The number of hydrazone groups is 1. The van der Waals surface area contributed by atoms with Crippen molar-refractivity contribution < 1.29 is 13.2 Å². The summed E-state index contributed by atoms with van der Waals surface area (Å²) < 4.78 is 37.8. The zero-order valence-electron chi connectivity index (χ0n) is 8.47. The minimum absolute atomic E-state index is 0.0897. The standard InChI is InChI=1S/C10H10F3N3/c1-7-3-2-4-8(10(11,12)13)9(7)16-15-6-5-14/h2-6,14,16H,1H3/b14-5?,15-6-. The van der Waals surface area contributed by atoms with E-state index in [-0.39, 0.29) is 5.69 Å². The molecule has 0 aliphatic heterocycles. The Morgan fingerprint density at radius 3 is 2.62 bits per heavy atom. The molecule has 3 nitrogen and oxygen atoms in total. The number of nitrogens with zero attached hydrogens (tertiary/aromatic N) is 1. The molecule has 0 bridgehead atoms. The van der Waals surface area contributed by atoms with Gasteiger partial charge in [-0.1, -0.05) is 12.1 Å². The molecule has 0 radical (unpaired) electrons. The van der Waals surface area contributed by atoms with Gasteiger partial charge in [-0.2, -0.15) is 18.3 Å². The Labute approximate surface area is 90.5 Å². The highest BCUT2D eigenvalue weighted by atomic mass is 19.4. The molecule has 2 N–H and O–H groups in total. The fourth-order valence-electron chi connectivity index (χ4n) is 1.19. The van der Waals surface area contributed by atoms with Crippen molar-refractivity contribution in [1.29, 1.82) is 5.41 Å². The summed E-state index contributed by atoms with van der Waals surface area (Å²) in [7, 11) is 0. The number of halogens is 3. The third-order valence-corrected chi connectivity index (χ3v) is 1.90. The molecule has 1 aromatic carbocycles. The van der Waals surface area contributed by atoms with E-state index in [2.05, 4.69) is 10.5 Å². The van der Waals surface area contributed by atoms with E-state index in [4.69, 9.17) is 5.41 Å². The Bertz CT molecular complexity index is 410. The first kappa shape index (κ1) is 12.2. The highest BCUT2D eigenvalue weighted by Gasteiger charge is 2.33. The first-order valence-corrected chi connectivity index (χ1v) is 4.41. The average molecular weight is 229 g/mol. The third-order valence-electron chi connectivity index (χ3n) is 1.90. The second-order valence-electron chi connectivity index (χ2n) is 3.05. The van der Waals surface area contributed by atoms with Gasteiger partial charge < -0.3 is 5.41 Å². The smallest absolute Gasteiger partial charge is 0.307 e. The SMILES string of the molecule is Cc1cccc(C(F)(F)F)c1N/N=C\C=N. The molecule has 0 aromatic heterocycles. The largest absolute Gasteiger partial charge is 0.418 e. The lowest BCUT2D eigenvalue weighted by molar-refractivity contribution is -0.137. The van der Waals surface area contributed by atoms with Crippen molar-refractivity contribution in [2.75, 3.05) is 5.43 Å². The van der Waals surface area contributed by atoms with Gasteiger partial charge in [-0.3, -0.25) is 5.43 Å². The molecule has 0 aliphatic carbocycles. The monoisotopic (exact) mass is 229 g/mol. The molecule has 0 amide bonds.